The Morgan fingerprint density at radius 3 is 2.44 bits per heavy atom. The summed E-state index contributed by atoms with van der Waals surface area (Å²) in [5, 5.41) is 8.78. The van der Waals surface area contributed by atoms with Crippen LogP contribution in [0.15, 0.2) is 18.2 Å². The molecule has 0 bridgehead atoms. The first-order valence-corrected chi connectivity index (χ1v) is 8.87. The highest BCUT2D eigenvalue weighted by atomic mass is 19.1. The molecular weight excluding hydrogens is 325 g/mol. The molecule has 0 saturated carbocycles. The predicted octanol–water partition coefficient (Wildman–Crippen LogP) is 3.54. The second-order valence-electron chi connectivity index (χ2n) is 6.65. The lowest BCUT2D eigenvalue weighted by Crippen LogP contribution is -2.43. The van der Waals surface area contributed by atoms with Crippen LogP contribution >= 0.6 is 0 Å². The van der Waals surface area contributed by atoms with Gasteiger partial charge >= 0.3 is 0 Å². The zero-order valence-corrected chi connectivity index (χ0v) is 14.4. The Balaban J connectivity index is 1.48. The van der Waals surface area contributed by atoms with Crippen LogP contribution in [0, 0.1) is 29.0 Å². The van der Waals surface area contributed by atoms with E-state index in [0.717, 1.165) is 6.42 Å². The summed E-state index contributed by atoms with van der Waals surface area (Å²) < 4.78 is 36.8. The molecule has 136 valence electrons. The Bertz CT molecular complexity index is 602. The van der Waals surface area contributed by atoms with Crippen molar-refractivity contribution in [1.82, 2.24) is 0 Å². The number of unbranched alkanes of at least 4 members (excludes halogenated alkanes) is 1. The number of benzene rings is 1. The van der Waals surface area contributed by atoms with Gasteiger partial charge in [-0.25, -0.2) is 4.39 Å². The quantitative estimate of drug-likeness (QED) is 0.814. The van der Waals surface area contributed by atoms with Gasteiger partial charge in [-0.05, 0) is 18.6 Å². The van der Waals surface area contributed by atoms with Crippen LogP contribution in [0.25, 0.3) is 0 Å². The Morgan fingerprint density at radius 2 is 1.84 bits per heavy atom. The summed E-state index contributed by atoms with van der Waals surface area (Å²) in [5.41, 5.74) is 0.583. The lowest BCUT2D eigenvalue weighted by Gasteiger charge is -2.37. The van der Waals surface area contributed by atoms with E-state index in [1.165, 1.54) is 25.0 Å². The molecule has 0 radical (unpaired) electrons. The van der Waals surface area contributed by atoms with Gasteiger partial charge in [-0.15, -0.1) is 0 Å². The van der Waals surface area contributed by atoms with Crippen molar-refractivity contribution < 1.29 is 23.3 Å². The third kappa shape index (κ3) is 4.56. The van der Waals surface area contributed by atoms with E-state index < -0.39 is 12.1 Å². The van der Waals surface area contributed by atoms with Gasteiger partial charge in [0.25, 0.3) is 0 Å². The van der Waals surface area contributed by atoms with E-state index in [-0.39, 0.29) is 17.8 Å². The number of rotatable bonds is 5. The molecule has 0 unspecified atom stereocenters. The van der Waals surface area contributed by atoms with Crippen LogP contribution in [0.1, 0.15) is 43.6 Å². The van der Waals surface area contributed by atoms with Crippen molar-refractivity contribution in [3.8, 4) is 6.07 Å². The minimum atomic E-state index is -0.626. The van der Waals surface area contributed by atoms with Crippen molar-refractivity contribution in [1.29, 1.82) is 5.26 Å². The van der Waals surface area contributed by atoms with E-state index in [1.807, 2.05) is 0 Å². The third-order valence-corrected chi connectivity index (χ3v) is 4.65. The average Bonchev–Trinajstić information content (AvgIpc) is 2.67. The standard InChI is InChI=1S/C19H24FNO4/c1-2-3-4-13-9-22-19(23-10-13)16-11-24-18(25-12-16)14-5-6-15(8-21)17(20)7-14/h5-7,13,16,18-19H,2-4,9-12H2,1H3/t13-,16-,18-,19-. The molecule has 2 heterocycles. The topological polar surface area (TPSA) is 60.7 Å². The number of hydrogen-bond acceptors (Lipinski definition) is 5. The zero-order valence-electron chi connectivity index (χ0n) is 14.4. The van der Waals surface area contributed by atoms with Crippen molar-refractivity contribution in [2.45, 2.75) is 38.8 Å². The van der Waals surface area contributed by atoms with Crippen LogP contribution in [0.5, 0.6) is 0 Å². The van der Waals surface area contributed by atoms with E-state index in [9.17, 15) is 4.39 Å². The van der Waals surface area contributed by atoms with E-state index in [1.54, 1.807) is 12.1 Å². The molecule has 2 aliphatic heterocycles. The normalized spacial score (nSPS) is 30.0. The molecule has 1 aromatic carbocycles. The van der Waals surface area contributed by atoms with Gasteiger partial charge in [-0.2, -0.15) is 5.26 Å². The van der Waals surface area contributed by atoms with Crippen LogP contribution in [-0.2, 0) is 18.9 Å². The largest absolute Gasteiger partial charge is 0.352 e. The molecule has 2 aliphatic rings. The smallest absolute Gasteiger partial charge is 0.183 e. The minimum Gasteiger partial charge on any atom is -0.352 e. The van der Waals surface area contributed by atoms with Gasteiger partial charge < -0.3 is 18.9 Å². The minimum absolute atomic E-state index is 0.00611. The number of halogens is 1. The maximum Gasteiger partial charge on any atom is 0.183 e. The van der Waals surface area contributed by atoms with Gasteiger partial charge in [-0.3, -0.25) is 0 Å². The van der Waals surface area contributed by atoms with Crippen LogP contribution in [0.2, 0.25) is 0 Å². The molecule has 0 spiro atoms. The van der Waals surface area contributed by atoms with E-state index in [2.05, 4.69) is 6.92 Å². The highest BCUT2D eigenvalue weighted by Gasteiger charge is 2.34. The molecular formula is C19H24FNO4. The van der Waals surface area contributed by atoms with Gasteiger partial charge in [0, 0.05) is 11.5 Å². The summed E-state index contributed by atoms with van der Waals surface area (Å²) in [4.78, 5) is 0. The van der Waals surface area contributed by atoms with Crippen LogP contribution in [0.4, 0.5) is 4.39 Å². The molecule has 25 heavy (non-hydrogen) atoms. The molecule has 0 aliphatic carbocycles. The second kappa shape index (κ2) is 8.72. The van der Waals surface area contributed by atoms with E-state index in [0.29, 0.717) is 37.9 Å². The number of nitriles is 1. The maximum atomic E-state index is 13.7. The van der Waals surface area contributed by atoms with E-state index in [4.69, 9.17) is 24.2 Å². The number of hydrogen-bond donors (Lipinski definition) is 0. The van der Waals surface area contributed by atoms with Crippen molar-refractivity contribution in [2.24, 2.45) is 11.8 Å². The monoisotopic (exact) mass is 349 g/mol. The fourth-order valence-corrected chi connectivity index (χ4v) is 3.13. The SMILES string of the molecule is CCCC[C@H]1CO[C@H]([C@H]2CO[C@H](c3ccc(C#N)c(F)c3)OC2)OC1. The van der Waals surface area contributed by atoms with Crippen molar-refractivity contribution in [2.75, 3.05) is 26.4 Å². The second-order valence-corrected chi connectivity index (χ2v) is 6.65. The van der Waals surface area contributed by atoms with Crippen LogP contribution in [0.3, 0.4) is 0 Å². The van der Waals surface area contributed by atoms with Crippen molar-refractivity contribution >= 4 is 0 Å². The van der Waals surface area contributed by atoms with Crippen LogP contribution in [-0.4, -0.2) is 32.7 Å². The first kappa shape index (κ1) is 18.3. The molecule has 0 atom stereocenters. The predicted molar refractivity (Wildman–Crippen MR) is 88.0 cm³/mol. The summed E-state index contributed by atoms with van der Waals surface area (Å²) >= 11 is 0. The average molecular weight is 349 g/mol. The molecule has 1 aromatic rings. The summed E-state index contributed by atoms with van der Waals surface area (Å²) in [6, 6.07) is 6.18. The first-order chi connectivity index (χ1) is 12.2. The molecule has 2 saturated heterocycles. The van der Waals surface area contributed by atoms with Gasteiger partial charge in [0.2, 0.25) is 0 Å². The summed E-state index contributed by atoms with van der Waals surface area (Å²) in [6.07, 6.45) is 2.57. The zero-order chi connectivity index (χ0) is 17.6. The fraction of sp³-hybridized carbons (Fsp3) is 0.632. The van der Waals surface area contributed by atoms with Gasteiger partial charge in [0.1, 0.15) is 11.9 Å². The maximum absolute atomic E-state index is 13.7. The molecule has 2 fully saturated rings. The summed E-state index contributed by atoms with van der Waals surface area (Å²) in [7, 11) is 0. The van der Waals surface area contributed by atoms with Gasteiger partial charge in [-0.1, -0.05) is 25.8 Å². The number of nitrogens with zero attached hydrogens (tertiary/aromatic N) is 1. The van der Waals surface area contributed by atoms with Gasteiger partial charge in [0.15, 0.2) is 12.6 Å². The van der Waals surface area contributed by atoms with E-state index >= 15 is 0 Å². The molecule has 0 amide bonds. The number of ether oxygens (including phenoxy) is 4. The lowest BCUT2D eigenvalue weighted by molar-refractivity contribution is -0.283. The van der Waals surface area contributed by atoms with Crippen LogP contribution < -0.4 is 0 Å². The molecule has 0 N–H and O–H groups in total. The molecule has 6 heteroatoms. The van der Waals surface area contributed by atoms with Crippen molar-refractivity contribution in [3.63, 3.8) is 0 Å². The van der Waals surface area contributed by atoms with Crippen molar-refractivity contribution in [3.05, 3.63) is 35.1 Å². The third-order valence-electron chi connectivity index (χ3n) is 4.65. The Labute approximate surface area is 147 Å². The summed E-state index contributed by atoms with van der Waals surface area (Å²) in [5.74, 6) is -0.0889. The molecule has 3 rings (SSSR count). The Morgan fingerprint density at radius 1 is 1.12 bits per heavy atom. The highest BCUT2D eigenvalue weighted by Crippen LogP contribution is 2.30. The Hall–Kier alpha value is -1.52. The first-order valence-electron chi connectivity index (χ1n) is 8.87. The van der Waals surface area contributed by atoms with Gasteiger partial charge in [0.05, 0.1) is 37.9 Å². The molecule has 5 nitrogen and oxygen atoms in total. The molecule has 0 aromatic heterocycles. The fourth-order valence-electron chi connectivity index (χ4n) is 3.13. The summed E-state index contributed by atoms with van der Waals surface area (Å²) in [6.45, 7) is 4.46. The highest BCUT2D eigenvalue weighted by molar-refractivity contribution is 5.33. The Kier molecular flexibility index (Phi) is 6.38. The lowest BCUT2D eigenvalue weighted by atomic mass is 10.0.